The second-order valence-electron chi connectivity index (χ2n) is 7.44. The van der Waals surface area contributed by atoms with Crippen LogP contribution in [-0.2, 0) is 10.2 Å². The molecule has 1 heterocycles. The Hall–Kier alpha value is -3.00. The van der Waals surface area contributed by atoms with Gasteiger partial charge in [0.15, 0.2) is 5.82 Å². The van der Waals surface area contributed by atoms with Gasteiger partial charge in [-0.15, -0.1) is 5.10 Å². The molecule has 0 fully saturated rings. The monoisotopic (exact) mass is 412 g/mol. The number of aromatic amines is 1. The predicted molar refractivity (Wildman–Crippen MR) is 110 cm³/mol. The predicted octanol–water partition coefficient (Wildman–Crippen LogP) is 3.96. The molecule has 2 amide bonds. The van der Waals surface area contributed by atoms with Crippen molar-refractivity contribution in [2.75, 3.05) is 5.75 Å². The van der Waals surface area contributed by atoms with E-state index in [0.717, 1.165) is 17.3 Å². The van der Waals surface area contributed by atoms with Crippen LogP contribution in [0.2, 0.25) is 0 Å². The number of nitrogens with one attached hydrogen (secondary N) is 2. The van der Waals surface area contributed by atoms with Crippen LogP contribution in [0.3, 0.4) is 0 Å². The topological polar surface area (TPSA) is 87.7 Å². The lowest BCUT2D eigenvalue weighted by Gasteiger charge is -2.18. The largest absolute Gasteiger partial charge is 0.292 e. The first-order chi connectivity index (χ1) is 13.7. The summed E-state index contributed by atoms with van der Waals surface area (Å²) in [5.74, 6) is -1.10. The molecule has 6 nitrogen and oxygen atoms in total. The van der Waals surface area contributed by atoms with Gasteiger partial charge in [-0.2, -0.15) is 0 Å². The number of amides is 2. The molecule has 2 N–H and O–H groups in total. The van der Waals surface area contributed by atoms with Crippen LogP contribution in [0.15, 0.2) is 53.7 Å². The maximum Gasteiger partial charge on any atom is 0.257 e. The van der Waals surface area contributed by atoms with Gasteiger partial charge in [-0.3, -0.25) is 20.0 Å². The molecule has 0 saturated carbocycles. The Labute approximate surface area is 172 Å². The van der Waals surface area contributed by atoms with Crippen molar-refractivity contribution < 1.29 is 14.0 Å². The quantitative estimate of drug-likeness (QED) is 0.620. The van der Waals surface area contributed by atoms with Crippen LogP contribution in [0.5, 0.6) is 0 Å². The number of H-pyrrole nitrogens is 1. The molecule has 0 saturated heterocycles. The van der Waals surface area contributed by atoms with Crippen molar-refractivity contribution in [2.45, 2.75) is 31.3 Å². The Bertz CT molecular complexity index is 1030. The van der Waals surface area contributed by atoms with Gasteiger partial charge in [-0.25, -0.2) is 9.37 Å². The standard InChI is InChI=1S/C21H21FN4O2S/c1-21(2,3)14-10-8-13(9-11-14)19(28)23-17(27)12-29-20-24-18(25-26-20)15-6-4-5-7-16(15)22/h4-11H,12H2,1-3H3,(H,23,27,28)(H,24,25,26). The molecule has 8 heteroatoms. The average molecular weight is 412 g/mol. The van der Waals surface area contributed by atoms with Gasteiger partial charge in [0.2, 0.25) is 11.1 Å². The number of carbonyl (C=O) groups is 2. The molecule has 0 aliphatic heterocycles. The smallest absolute Gasteiger partial charge is 0.257 e. The van der Waals surface area contributed by atoms with E-state index < -0.39 is 17.6 Å². The Morgan fingerprint density at radius 3 is 2.45 bits per heavy atom. The van der Waals surface area contributed by atoms with Gasteiger partial charge in [0.25, 0.3) is 5.91 Å². The van der Waals surface area contributed by atoms with Gasteiger partial charge in [0, 0.05) is 5.56 Å². The van der Waals surface area contributed by atoms with E-state index in [4.69, 9.17) is 0 Å². The third-order valence-corrected chi connectivity index (χ3v) is 5.04. The van der Waals surface area contributed by atoms with E-state index >= 15 is 0 Å². The molecule has 1 aromatic heterocycles. The van der Waals surface area contributed by atoms with E-state index in [2.05, 4.69) is 41.3 Å². The zero-order valence-electron chi connectivity index (χ0n) is 16.3. The van der Waals surface area contributed by atoms with Gasteiger partial charge in [-0.1, -0.05) is 56.8 Å². The van der Waals surface area contributed by atoms with Crippen LogP contribution >= 0.6 is 11.8 Å². The minimum absolute atomic E-state index is 0.0143. The van der Waals surface area contributed by atoms with E-state index in [-0.39, 0.29) is 17.0 Å². The number of imide groups is 1. The highest BCUT2D eigenvalue weighted by molar-refractivity contribution is 7.99. The summed E-state index contributed by atoms with van der Waals surface area (Å²) in [6.07, 6.45) is 0. The number of thioether (sulfide) groups is 1. The molecule has 0 bridgehead atoms. The number of aromatic nitrogens is 3. The number of benzene rings is 2. The molecular weight excluding hydrogens is 391 g/mol. The lowest BCUT2D eigenvalue weighted by Crippen LogP contribution is -2.31. The summed E-state index contributed by atoms with van der Waals surface area (Å²) in [6, 6.07) is 13.4. The van der Waals surface area contributed by atoms with Crippen LogP contribution in [0, 0.1) is 5.82 Å². The number of hydrogen-bond donors (Lipinski definition) is 2. The van der Waals surface area contributed by atoms with Crippen LogP contribution in [0.4, 0.5) is 4.39 Å². The zero-order chi connectivity index (χ0) is 21.0. The Morgan fingerprint density at radius 2 is 1.79 bits per heavy atom. The first kappa shape index (κ1) is 20.7. The van der Waals surface area contributed by atoms with E-state index in [1.165, 1.54) is 6.07 Å². The van der Waals surface area contributed by atoms with Gasteiger partial charge in [0.1, 0.15) is 5.82 Å². The van der Waals surface area contributed by atoms with Gasteiger partial charge < -0.3 is 0 Å². The molecule has 0 aliphatic rings. The summed E-state index contributed by atoms with van der Waals surface area (Å²) in [7, 11) is 0. The number of carbonyl (C=O) groups excluding carboxylic acids is 2. The van der Waals surface area contributed by atoms with Crippen molar-refractivity contribution >= 4 is 23.6 Å². The Kier molecular flexibility index (Phi) is 6.12. The number of nitrogens with zero attached hydrogens (tertiary/aromatic N) is 2. The minimum Gasteiger partial charge on any atom is -0.292 e. The molecule has 3 rings (SSSR count). The molecule has 29 heavy (non-hydrogen) atoms. The second-order valence-corrected chi connectivity index (χ2v) is 8.38. The Morgan fingerprint density at radius 1 is 1.10 bits per heavy atom. The van der Waals surface area contributed by atoms with E-state index in [1.807, 2.05) is 12.1 Å². The van der Waals surface area contributed by atoms with E-state index in [1.54, 1.807) is 30.3 Å². The normalized spacial score (nSPS) is 11.3. The third-order valence-electron chi connectivity index (χ3n) is 4.19. The summed E-state index contributed by atoms with van der Waals surface area (Å²) in [6.45, 7) is 6.26. The second kappa shape index (κ2) is 8.57. The van der Waals surface area contributed by atoms with Crippen molar-refractivity contribution in [3.8, 4) is 11.4 Å². The summed E-state index contributed by atoms with van der Waals surface area (Å²) in [5, 5.41) is 9.26. The van der Waals surface area contributed by atoms with Crippen LogP contribution < -0.4 is 5.32 Å². The van der Waals surface area contributed by atoms with Crippen molar-refractivity contribution in [1.82, 2.24) is 20.5 Å². The zero-order valence-corrected chi connectivity index (χ0v) is 17.1. The summed E-state index contributed by atoms with van der Waals surface area (Å²) in [4.78, 5) is 28.5. The number of hydrogen-bond acceptors (Lipinski definition) is 5. The highest BCUT2D eigenvalue weighted by atomic mass is 32.2. The number of halogens is 1. The van der Waals surface area contributed by atoms with Gasteiger partial charge in [0.05, 0.1) is 11.3 Å². The lowest BCUT2D eigenvalue weighted by atomic mass is 9.87. The minimum atomic E-state index is -0.461. The summed E-state index contributed by atoms with van der Waals surface area (Å²) < 4.78 is 13.8. The fraction of sp³-hybridized carbons (Fsp3) is 0.238. The fourth-order valence-corrected chi connectivity index (χ4v) is 3.17. The maximum atomic E-state index is 13.8. The van der Waals surface area contributed by atoms with Crippen molar-refractivity contribution in [1.29, 1.82) is 0 Å². The lowest BCUT2D eigenvalue weighted by molar-refractivity contribution is -0.117. The average Bonchev–Trinajstić information content (AvgIpc) is 3.15. The van der Waals surface area contributed by atoms with Crippen molar-refractivity contribution in [3.63, 3.8) is 0 Å². The first-order valence-corrected chi connectivity index (χ1v) is 9.97. The maximum absolute atomic E-state index is 13.8. The Balaban J connectivity index is 1.55. The van der Waals surface area contributed by atoms with E-state index in [9.17, 15) is 14.0 Å². The molecule has 2 aromatic carbocycles. The molecule has 0 aliphatic carbocycles. The molecule has 3 aromatic rings. The fourth-order valence-electron chi connectivity index (χ4n) is 2.57. The molecular formula is C21H21FN4O2S. The van der Waals surface area contributed by atoms with Crippen molar-refractivity contribution in [3.05, 3.63) is 65.5 Å². The van der Waals surface area contributed by atoms with Crippen LogP contribution in [0.25, 0.3) is 11.4 Å². The molecule has 0 atom stereocenters. The molecule has 0 spiro atoms. The molecule has 150 valence electrons. The number of rotatable bonds is 5. The van der Waals surface area contributed by atoms with Gasteiger partial charge >= 0.3 is 0 Å². The van der Waals surface area contributed by atoms with Crippen LogP contribution in [0.1, 0.15) is 36.7 Å². The first-order valence-electron chi connectivity index (χ1n) is 8.99. The van der Waals surface area contributed by atoms with E-state index in [0.29, 0.717) is 16.3 Å². The highest BCUT2D eigenvalue weighted by Crippen LogP contribution is 2.23. The summed E-state index contributed by atoms with van der Waals surface area (Å²) in [5.41, 5.74) is 1.80. The molecule has 0 unspecified atom stereocenters. The highest BCUT2D eigenvalue weighted by Gasteiger charge is 2.16. The third kappa shape index (κ3) is 5.29. The SMILES string of the molecule is CC(C)(C)c1ccc(C(=O)NC(=O)CSc2n[nH]c(-c3ccccc3F)n2)cc1. The van der Waals surface area contributed by atoms with Crippen LogP contribution in [-0.4, -0.2) is 32.7 Å². The molecule has 0 radical (unpaired) electrons. The summed E-state index contributed by atoms with van der Waals surface area (Å²) >= 11 is 1.05. The van der Waals surface area contributed by atoms with Gasteiger partial charge in [-0.05, 0) is 35.2 Å². The van der Waals surface area contributed by atoms with Crippen molar-refractivity contribution in [2.24, 2.45) is 0 Å².